The number of aliphatic hydroxyl groups is 1. The number of nitrogens with zero attached hydrogens (tertiary/aromatic N) is 2. The van der Waals surface area contributed by atoms with Gasteiger partial charge in [0.15, 0.2) is 0 Å². The second-order valence-corrected chi connectivity index (χ2v) is 5.43. The summed E-state index contributed by atoms with van der Waals surface area (Å²) in [5.74, 6) is -0.913. The molecule has 0 aliphatic rings. The highest BCUT2D eigenvalue weighted by atomic mass is 19.1. The van der Waals surface area contributed by atoms with E-state index in [0.29, 0.717) is 23.1 Å². The molecule has 1 amide bonds. The fourth-order valence-corrected chi connectivity index (χ4v) is 2.50. The van der Waals surface area contributed by atoms with Gasteiger partial charge in [0, 0.05) is 31.2 Å². The van der Waals surface area contributed by atoms with Gasteiger partial charge in [-0.05, 0) is 42.8 Å². The number of hydrogen-bond donors (Lipinski definition) is 2. The molecule has 2 N–H and O–H groups in total. The molecule has 0 bridgehead atoms. The van der Waals surface area contributed by atoms with Gasteiger partial charge in [0.2, 0.25) is 5.43 Å². The summed E-state index contributed by atoms with van der Waals surface area (Å²) >= 11 is 0. The third-order valence-corrected chi connectivity index (χ3v) is 3.73. The highest BCUT2D eigenvalue weighted by Gasteiger charge is 2.16. The van der Waals surface area contributed by atoms with Gasteiger partial charge in [0.1, 0.15) is 17.0 Å². The first kappa shape index (κ1) is 16.8. The first-order valence-corrected chi connectivity index (χ1v) is 7.77. The van der Waals surface area contributed by atoms with Crippen molar-refractivity contribution in [2.75, 3.05) is 13.2 Å². The van der Waals surface area contributed by atoms with Gasteiger partial charge in [-0.1, -0.05) is 0 Å². The number of rotatable bonds is 5. The molecule has 128 valence electrons. The van der Waals surface area contributed by atoms with Gasteiger partial charge in [-0.25, -0.2) is 9.37 Å². The molecule has 0 aliphatic heterocycles. The van der Waals surface area contributed by atoms with Crippen LogP contribution in [0.25, 0.3) is 16.7 Å². The van der Waals surface area contributed by atoms with Gasteiger partial charge < -0.3 is 15.0 Å². The predicted molar refractivity (Wildman–Crippen MR) is 91.3 cm³/mol. The number of hydrogen-bond acceptors (Lipinski definition) is 4. The van der Waals surface area contributed by atoms with E-state index in [0.717, 1.165) is 0 Å². The Morgan fingerprint density at radius 2 is 2.00 bits per heavy atom. The Labute approximate surface area is 142 Å². The zero-order valence-corrected chi connectivity index (χ0v) is 13.3. The number of halogens is 1. The second-order valence-electron chi connectivity index (χ2n) is 5.43. The fraction of sp³-hybridized carbons (Fsp3) is 0.167. The van der Waals surface area contributed by atoms with Gasteiger partial charge in [-0.3, -0.25) is 9.59 Å². The van der Waals surface area contributed by atoms with E-state index in [1.807, 2.05) is 0 Å². The number of nitrogens with one attached hydrogen (secondary N) is 1. The number of pyridine rings is 2. The van der Waals surface area contributed by atoms with Crippen LogP contribution in [0, 0.1) is 5.82 Å². The maximum absolute atomic E-state index is 13.2. The molecule has 1 aromatic carbocycles. The summed E-state index contributed by atoms with van der Waals surface area (Å²) < 4.78 is 14.8. The molecular formula is C18H16FN3O3. The Morgan fingerprint density at radius 1 is 1.24 bits per heavy atom. The minimum absolute atomic E-state index is 0.0391. The van der Waals surface area contributed by atoms with Gasteiger partial charge in [0.05, 0.1) is 5.39 Å². The number of fused-ring (bicyclic) bond motifs is 1. The first-order chi connectivity index (χ1) is 12.1. The summed E-state index contributed by atoms with van der Waals surface area (Å²) in [5, 5.41) is 11.7. The number of aromatic nitrogens is 2. The molecule has 6 nitrogen and oxygen atoms in total. The van der Waals surface area contributed by atoms with Crippen LogP contribution in [-0.2, 0) is 0 Å². The molecule has 0 saturated carbocycles. The van der Waals surface area contributed by atoms with E-state index >= 15 is 0 Å². The molecule has 3 aromatic rings. The van der Waals surface area contributed by atoms with Gasteiger partial charge in [-0.15, -0.1) is 0 Å². The lowest BCUT2D eigenvalue weighted by Crippen LogP contribution is -2.31. The van der Waals surface area contributed by atoms with Crippen molar-refractivity contribution in [1.29, 1.82) is 0 Å². The highest BCUT2D eigenvalue weighted by molar-refractivity contribution is 5.97. The molecular weight excluding hydrogens is 325 g/mol. The Bertz CT molecular complexity index is 967. The van der Waals surface area contributed by atoms with E-state index in [1.165, 1.54) is 18.3 Å². The first-order valence-electron chi connectivity index (χ1n) is 7.77. The summed E-state index contributed by atoms with van der Waals surface area (Å²) in [6.07, 6.45) is 3.34. The van der Waals surface area contributed by atoms with Crippen LogP contribution in [0.5, 0.6) is 0 Å². The third-order valence-electron chi connectivity index (χ3n) is 3.73. The van der Waals surface area contributed by atoms with E-state index < -0.39 is 11.3 Å². The fourth-order valence-electron chi connectivity index (χ4n) is 2.50. The SMILES string of the molecule is O=C(NCCCO)c1cn(-c2ccc(F)cc2)c2ncccc2c1=O. The summed E-state index contributed by atoms with van der Waals surface area (Å²) in [5.41, 5.74) is 0.492. The van der Waals surface area contributed by atoms with E-state index in [2.05, 4.69) is 10.3 Å². The maximum atomic E-state index is 13.2. The Morgan fingerprint density at radius 3 is 2.72 bits per heavy atom. The largest absolute Gasteiger partial charge is 0.396 e. The minimum Gasteiger partial charge on any atom is -0.396 e. The van der Waals surface area contributed by atoms with Crippen molar-refractivity contribution in [3.05, 3.63) is 70.4 Å². The monoisotopic (exact) mass is 341 g/mol. The van der Waals surface area contributed by atoms with Gasteiger partial charge in [-0.2, -0.15) is 0 Å². The quantitative estimate of drug-likeness (QED) is 0.691. The highest BCUT2D eigenvalue weighted by Crippen LogP contribution is 2.16. The van der Waals surface area contributed by atoms with Crippen LogP contribution in [-0.4, -0.2) is 33.7 Å². The molecule has 25 heavy (non-hydrogen) atoms. The Balaban J connectivity index is 2.16. The summed E-state index contributed by atoms with van der Waals surface area (Å²) in [6, 6.07) is 8.89. The molecule has 0 saturated heterocycles. The molecule has 0 radical (unpaired) electrons. The molecule has 3 rings (SSSR count). The van der Waals surface area contributed by atoms with E-state index in [9.17, 15) is 14.0 Å². The normalized spacial score (nSPS) is 10.8. The lowest BCUT2D eigenvalue weighted by Gasteiger charge is -2.12. The number of amides is 1. The lowest BCUT2D eigenvalue weighted by molar-refractivity contribution is 0.0949. The number of carbonyl (C=O) groups excluding carboxylic acids is 1. The average Bonchev–Trinajstić information content (AvgIpc) is 2.63. The number of aliphatic hydroxyl groups excluding tert-OH is 1. The number of carbonyl (C=O) groups is 1. The zero-order valence-electron chi connectivity index (χ0n) is 13.3. The van der Waals surface area contributed by atoms with Crippen molar-refractivity contribution >= 4 is 16.9 Å². The van der Waals surface area contributed by atoms with Gasteiger partial charge >= 0.3 is 0 Å². The molecule has 0 fully saturated rings. The smallest absolute Gasteiger partial charge is 0.256 e. The van der Waals surface area contributed by atoms with Crippen LogP contribution in [0.15, 0.2) is 53.6 Å². The molecule has 0 unspecified atom stereocenters. The minimum atomic E-state index is -0.528. The van der Waals surface area contributed by atoms with Crippen molar-refractivity contribution in [1.82, 2.24) is 14.9 Å². The topological polar surface area (TPSA) is 84.2 Å². The molecule has 0 aliphatic carbocycles. The van der Waals surface area contributed by atoms with E-state index in [1.54, 1.807) is 35.0 Å². The molecule has 2 aromatic heterocycles. The summed E-state index contributed by atoms with van der Waals surface area (Å²) in [6.45, 7) is 0.206. The lowest BCUT2D eigenvalue weighted by atomic mass is 10.1. The van der Waals surface area contributed by atoms with Crippen LogP contribution < -0.4 is 10.7 Å². The van der Waals surface area contributed by atoms with Crippen LogP contribution in [0.1, 0.15) is 16.8 Å². The average molecular weight is 341 g/mol. The van der Waals surface area contributed by atoms with E-state index in [4.69, 9.17) is 5.11 Å². The zero-order chi connectivity index (χ0) is 17.8. The molecule has 2 heterocycles. The maximum Gasteiger partial charge on any atom is 0.256 e. The van der Waals surface area contributed by atoms with Crippen molar-refractivity contribution < 1.29 is 14.3 Å². The molecule has 0 spiro atoms. The second kappa shape index (κ2) is 7.23. The van der Waals surface area contributed by atoms with Crippen molar-refractivity contribution in [3.8, 4) is 5.69 Å². The molecule has 7 heteroatoms. The van der Waals surface area contributed by atoms with Crippen LogP contribution >= 0.6 is 0 Å². The molecule has 0 atom stereocenters. The standard InChI is InChI=1S/C18H16FN3O3/c19-12-4-6-13(7-5-12)22-11-15(18(25)21-9-2-10-23)16(24)14-3-1-8-20-17(14)22/h1,3-8,11,23H,2,9-10H2,(H,21,25). The van der Waals surface area contributed by atoms with Crippen molar-refractivity contribution in [2.24, 2.45) is 0 Å². The summed E-state index contributed by atoms with van der Waals surface area (Å²) in [4.78, 5) is 29.2. The van der Waals surface area contributed by atoms with E-state index in [-0.39, 0.29) is 24.5 Å². The predicted octanol–water partition coefficient (Wildman–Crippen LogP) is 1.64. The van der Waals surface area contributed by atoms with Crippen LogP contribution in [0.4, 0.5) is 4.39 Å². The van der Waals surface area contributed by atoms with Crippen molar-refractivity contribution in [2.45, 2.75) is 6.42 Å². The Hall–Kier alpha value is -3.06. The Kier molecular flexibility index (Phi) is 4.85. The van der Waals surface area contributed by atoms with Crippen LogP contribution in [0.3, 0.4) is 0 Å². The van der Waals surface area contributed by atoms with Gasteiger partial charge in [0.25, 0.3) is 5.91 Å². The number of benzene rings is 1. The van der Waals surface area contributed by atoms with Crippen molar-refractivity contribution in [3.63, 3.8) is 0 Å². The summed E-state index contributed by atoms with van der Waals surface area (Å²) in [7, 11) is 0. The van der Waals surface area contributed by atoms with Crippen LogP contribution in [0.2, 0.25) is 0 Å². The third kappa shape index (κ3) is 3.41.